The second kappa shape index (κ2) is 8.25. The van der Waals surface area contributed by atoms with E-state index in [0.29, 0.717) is 23.5 Å². The van der Waals surface area contributed by atoms with Crippen molar-refractivity contribution in [2.45, 2.75) is 25.4 Å². The van der Waals surface area contributed by atoms with E-state index in [1.165, 1.54) is 18.0 Å². The largest absolute Gasteiger partial charge is 0.464 e. The number of hydrogen-bond acceptors (Lipinski definition) is 8. The number of ether oxygens (including phenoxy) is 1. The smallest absolute Gasteiger partial charge is 0.322 e. The molecule has 0 atom stereocenters. The molecule has 1 rings (SSSR count). The Labute approximate surface area is 123 Å². The highest BCUT2D eigenvalue weighted by molar-refractivity contribution is 8.00. The molecule has 0 radical (unpaired) electrons. The number of anilines is 1. The number of hydrogen-bond donors (Lipinski definition) is 1. The molecule has 7 nitrogen and oxygen atoms in total. The summed E-state index contributed by atoms with van der Waals surface area (Å²) in [6.07, 6.45) is 2.16. The van der Waals surface area contributed by atoms with Gasteiger partial charge in [0.15, 0.2) is 5.16 Å². The van der Waals surface area contributed by atoms with Crippen LogP contribution in [0.15, 0.2) is 5.16 Å². The van der Waals surface area contributed by atoms with Gasteiger partial charge in [0.05, 0.1) is 12.4 Å². The minimum Gasteiger partial charge on any atom is -0.464 e. The molecule has 1 aromatic rings. The molecule has 0 amide bonds. The van der Waals surface area contributed by atoms with Crippen LogP contribution in [0.5, 0.6) is 6.01 Å². The van der Waals surface area contributed by atoms with Crippen LogP contribution in [0, 0.1) is 0 Å². The van der Waals surface area contributed by atoms with Gasteiger partial charge >= 0.3 is 6.01 Å². The molecule has 0 aromatic carbocycles. The summed E-state index contributed by atoms with van der Waals surface area (Å²) >= 11 is 1.27. The van der Waals surface area contributed by atoms with Crippen LogP contribution in [0.3, 0.4) is 0 Å². The highest BCUT2D eigenvalue weighted by Crippen LogP contribution is 2.17. The molecule has 0 spiro atoms. The predicted octanol–water partition coefficient (Wildman–Crippen LogP) is 1.23. The third kappa shape index (κ3) is 6.90. The second-order valence-electron chi connectivity index (χ2n) is 4.06. The SMILES string of the molecule is CCCNc1nc(OCC)nc(SCCS(C)(=O)=O)n1. The quantitative estimate of drug-likeness (QED) is 0.679. The maximum atomic E-state index is 11.1. The highest BCUT2D eigenvalue weighted by Gasteiger charge is 2.09. The van der Waals surface area contributed by atoms with Crippen molar-refractivity contribution in [1.82, 2.24) is 15.0 Å². The van der Waals surface area contributed by atoms with E-state index in [4.69, 9.17) is 4.74 Å². The minimum atomic E-state index is -2.98. The standard InChI is InChI=1S/C11H20N4O3S2/c1-4-6-12-9-13-10(18-5-2)15-11(14-9)19-7-8-20(3,16)17/h4-8H2,1-3H3,(H,12,13,14,15). The highest BCUT2D eigenvalue weighted by atomic mass is 32.2. The van der Waals surface area contributed by atoms with Crippen molar-refractivity contribution in [3.8, 4) is 6.01 Å². The lowest BCUT2D eigenvalue weighted by Crippen LogP contribution is -2.09. The van der Waals surface area contributed by atoms with Gasteiger partial charge < -0.3 is 10.1 Å². The van der Waals surface area contributed by atoms with E-state index in [-0.39, 0.29) is 11.8 Å². The van der Waals surface area contributed by atoms with Crippen LogP contribution in [0.25, 0.3) is 0 Å². The lowest BCUT2D eigenvalue weighted by molar-refractivity contribution is 0.308. The van der Waals surface area contributed by atoms with Crippen LogP contribution in [-0.2, 0) is 9.84 Å². The first-order valence-electron chi connectivity index (χ1n) is 6.38. The first kappa shape index (κ1) is 17.0. The molecule has 0 aliphatic heterocycles. The Hall–Kier alpha value is -1.09. The lowest BCUT2D eigenvalue weighted by atomic mass is 10.5. The Kier molecular flexibility index (Phi) is 7.00. The van der Waals surface area contributed by atoms with Gasteiger partial charge in [-0.25, -0.2) is 8.42 Å². The number of sulfone groups is 1. The van der Waals surface area contributed by atoms with Gasteiger partial charge in [-0.05, 0) is 13.3 Å². The topological polar surface area (TPSA) is 94.1 Å². The van der Waals surface area contributed by atoms with Crippen molar-refractivity contribution in [2.75, 3.05) is 36.2 Å². The van der Waals surface area contributed by atoms with Crippen LogP contribution in [0.4, 0.5) is 5.95 Å². The fourth-order valence-corrected chi connectivity index (χ4v) is 3.22. The van der Waals surface area contributed by atoms with E-state index in [0.717, 1.165) is 13.0 Å². The molecule has 0 bridgehead atoms. The average Bonchev–Trinajstić information content (AvgIpc) is 2.35. The third-order valence-corrected chi connectivity index (χ3v) is 4.14. The molecule has 114 valence electrons. The Morgan fingerprint density at radius 3 is 2.60 bits per heavy atom. The Bertz CT molecular complexity index is 522. The van der Waals surface area contributed by atoms with Gasteiger partial charge in [-0.3, -0.25) is 0 Å². The monoisotopic (exact) mass is 320 g/mol. The van der Waals surface area contributed by atoms with Gasteiger partial charge in [-0.2, -0.15) is 15.0 Å². The summed E-state index contributed by atoms with van der Waals surface area (Å²) in [5.74, 6) is 0.944. The summed E-state index contributed by atoms with van der Waals surface area (Å²) in [6.45, 7) is 5.10. The zero-order chi connectivity index (χ0) is 15.0. The summed E-state index contributed by atoms with van der Waals surface area (Å²) in [5, 5.41) is 3.53. The molecule has 1 heterocycles. The van der Waals surface area contributed by atoms with E-state index >= 15 is 0 Å². The zero-order valence-electron chi connectivity index (χ0n) is 11.9. The first-order valence-corrected chi connectivity index (χ1v) is 9.42. The molecular formula is C11H20N4O3S2. The molecule has 0 saturated heterocycles. The fourth-order valence-electron chi connectivity index (χ4n) is 1.20. The van der Waals surface area contributed by atoms with Gasteiger partial charge in [-0.15, -0.1) is 0 Å². The molecule has 0 unspecified atom stereocenters. The van der Waals surface area contributed by atoms with E-state index in [1.807, 2.05) is 13.8 Å². The number of rotatable bonds is 9. The molecule has 1 N–H and O–H groups in total. The van der Waals surface area contributed by atoms with E-state index in [2.05, 4.69) is 20.3 Å². The summed E-state index contributed by atoms with van der Waals surface area (Å²) in [6, 6.07) is 0.253. The molecule has 0 saturated carbocycles. The Morgan fingerprint density at radius 2 is 2.00 bits per heavy atom. The molecular weight excluding hydrogens is 300 g/mol. The minimum absolute atomic E-state index is 0.0883. The third-order valence-electron chi connectivity index (χ3n) is 2.09. The molecule has 0 aliphatic carbocycles. The van der Waals surface area contributed by atoms with Crippen LogP contribution < -0.4 is 10.1 Å². The van der Waals surface area contributed by atoms with Crippen LogP contribution in [0.1, 0.15) is 20.3 Å². The molecule has 20 heavy (non-hydrogen) atoms. The van der Waals surface area contributed by atoms with Gasteiger partial charge in [0, 0.05) is 18.6 Å². The summed E-state index contributed by atoms with van der Waals surface area (Å²) in [5.41, 5.74) is 0. The van der Waals surface area contributed by atoms with Crippen molar-refractivity contribution in [3.05, 3.63) is 0 Å². The normalized spacial score (nSPS) is 11.3. The fraction of sp³-hybridized carbons (Fsp3) is 0.727. The number of nitrogens with one attached hydrogen (secondary N) is 1. The number of aromatic nitrogens is 3. The second-order valence-corrected chi connectivity index (χ2v) is 7.38. The molecule has 9 heteroatoms. The van der Waals surface area contributed by atoms with Crippen LogP contribution >= 0.6 is 11.8 Å². The van der Waals surface area contributed by atoms with Crippen molar-refractivity contribution < 1.29 is 13.2 Å². The molecule has 0 fully saturated rings. The van der Waals surface area contributed by atoms with Gasteiger partial charge in [0.25, 0.3) is 0 Å². The van der Waals surface area contributed by atoms with Crippen molar-refractivity contribution in [3.63, 3.8) is 0 Å². The Morgan fingerprint density at radius 1 is 1.25 bits per heavy atom. The number of nitrogens with zero attached hydrogens (tertiary/aromatic N) is 3. The summed E-state index contributed by atoms with van der Waals surface area (Å²) < 4.78 is 27.5. The maximum absolute atomic E-state index is 11.1. The van der Waals surface area contributed by atoms with E-state index in [1.54, 1.807) is 0 Å². The van der Waals surface area contributed by atoms with Crippen molar-refractivity contribution in [1.29, 1.82) is 0 Å². The molecule has 0 aliphatic rings. The predicted molar refractivity (Wildman–Crippen MR) is 80.2 cm³/mol. The maximum Gasteiger partial charge on any atom is 0.322 e. The summed E-state index contributed by atoms with van der Waals surface area (Å²) in [4.78, 5) is 12.5. The first-order chi connectivity index (χ1) is 9.44. The lowest BCUT2D eigenvalue weighted by Gasteiger charge is -2.07. The summed E-state index contributed by atoms with van der Waals surface area (Å²) in [7, 11) is -2.98. The number of thioether (sulfide) groups is 1. The zero-order valence-corrected chi connectivity index (χ0v) is 13.6. The van der Waals surface area contributed by atoms with Gasteiger partial charge in [0.2, 0.25) is 5.95 Å². The van der Waals surface area contributed by atoms with Crippen LogP contribution in [0.2, 0.25) is 0 Å². The van der Waals surface area contributed by atoms with Gasteiger partial charge in [-0.1, -0.05) is 18.7 Å². The van der Waals surface area contributed by atoms with Gasteiger partial charge in [0.1, 0.15) is 9.84 Å². The Balaban J connectivity index is 2.74. The molecule has 1 aromatic heterocycles. The van der Waals surface area contributed by atoms with Crippen LogP contribution in [-0.4, -0.2) is 54.3 Å². The average molecular weight is 320 g/mol. The van der Waals surface area contributed by atoms with E-state index < -0.39 is 9.84 Å². The van der Waals surface area contributed by atoms with Crippen molar-refractivity contribution >= 4 is 27.5 Å². The van der Waals surface area contributed by atoms with Crippen molar-refractivity contribution in [2.24, 2.45) is 0 Å². The van der Waals surface area contributed by atoms with E-state index in [9.17, 15) is 8.42 Å².